The maximum absolute atomic E-state index is 11.4. The number of benzene rings is 1. The van der Waals surface area contributed by atoms with Crippen molar-refractivity contribution < 1.29 is 9.53 Å². The fourth-order valence-corrected chi connectivity index (χ4v) is 2.11. The van der Waals surface area contributed by atoms with Crippen LogP contribution in [0.4, 0.5) is 5.69 Å². The van der Waals surface area contributed by atoms with Crippen molar-refractivity contribution in [1.29, 1.82) is 0 Å². The normalized spacial score (nSPS) is 19.9. The van der Waals surface area contributed by atoms with E-state index in [4.69, 9.17) is 4.74 Å². The van der Waals surface area contributed by atoms with Crippen molar-refractivity contribution in [3.63, 3.8) is 0 Å². The summed E-state index contributed by atoms with van der Waals surface area (Å²) in [6.45, 7) is 1.88. The Morgan fingerprint density at radius 3 is 2.80 bits per heavy atom. The van der Waals surface area contributed by atoms with Gasteiger partial charge in [0.25, 0.3) is 0 Å². The fraction of sp³-hybridized carbons (Fsp3) is 0.300. The highest BCUT2D eigenvalue weighted by Crippen LogP contribution is 2.36. The molecule has 1 heterocycles. The van der Waals surface area contributed by atoms with Crippen LogP contribution in [0.1, 0.15) is 13.3 Å². The summed E-state index contributed by atoms with van der Waals surface area (Å²) >= 11 is 6.78. The smallest absolute Gasteiger partial charge is 0.228 e. The van der Waals surface area contributed by atoms with Gasteiger partial charge < -0.3 is 10.1 Å². The molecule has 0 radical (unpaired) electrons. The molecule has 1 aromatic carbocycles. The molecule has 0 spiro atoms. The van der Waals surface area contributed by atoms with Gasteiger partial charge >= 0.3 is 0 Å². The second-order valence-corrected chi connectivity index (χ2v) is 5.15. The monoisotopic (exact) mass is 333 g/mol. The van der Waals surface area contributed by atoms with Crippen molar-refractivity contribution in [3.05, 3.63) is 21.1 Å². The van der Waals surface area contributed by atoms with Gasteiger partial charge in [-0.25, -0.2) is 0 Å². The van der Waals surface area contributed by atoms with Crippen molar-refractivity contribution in [1.82, 2.24) is 0 Å². The first kappa shape index (κ1) is 11.0. The Bertz CT molecular complexity index is 420. The summed E-state index contributed by atoms with van der Waals surface area (Å²) in [5.74, 6) is 0.680. The molecule has 1 aliphatic heterocycles. The van der Waals surface area contributed by atoms with E-state index in [1.165, 1.54) is 0 Å². The van der Waals surface area contributed by atoms with Gasteiger partial charge in [0.1, 0.15) is 11.9 Å². The molecule has 1 aliphatic rings. The third-order valence-electron chi connectivity index (χ3n) is 2.10. The van der Waals surface area contributed by atoms with Gasteiger partial charge in [-0.1, -0.05) is 0 Å². The Labute approximate surface area is 104 Å². The van der Waals surface area contributed by atoms with Crippen molar-refractivity contribution in [3.8, 4) is 5.75 Å². The third kappa shape index (κ3) is 2.34. The standard InChI is InChI=1S/C10H9Br2NO2/c1-5-2-10(14)13-8-3-6(11)7(12)4-9(8)15-5/h3-5H,2H2,1H3,(H,13,14). The van der Waals surface area contributed by atoms with Crippen LogP contribution in [0.2, 0.25) is 0 Å². The summed E-state index contributed by atoms with van der Waals surface area (Å²) in [6, 6.07) is 3.68. The van der Waals surface area contributed by atoms with E-state index in [2.05, 4.69) is 37.2 Å². The molecule has 0 bridgehead atoms. The highest BCUT2D eigenvalue weighted by molar-refractivity contribution is 9.13. The highest BCUT2D eigenvalue weighted by Gasteiger charge is 2.20. The van der Waals surface area contributed by atoms with Crippen molar-refractivity contribution in [2.24, 2.45) is 0 Å². The molecule has 1 atom stereocenters. The predicted octanol–water partition coefficient (Wildman–Crippen LogP) is 3.32. The van der Waals surface area contributed by atoms with Gasteiger partial charge in [0, 0.05) is 8.95 Å². The van der Waals surface area contributed by atoms with Crippen LogP contribution in [-0.2, 0) is 4.79 Å². The van der Waals surface area contributed by atoms with Crippen molar-refractivity contribution in [2.45, 2.75) is 19.4 Å². The Hall–Kier alpha value is -0.550. The molecule has 1 N–H and O–H groups in total. The molecule has 2 rings (SSSR count). The second-order valence-electron chi connectivity index (χ2n) is 3.44. The number of fused-ring (bicyclic) bond motifs is 1. The number of halogens is 2. The Balaban J connectivity index is 2.46. The lowest BCUT2D eigenvalue weighted by Gasteiger charge is -2.12. The van der Waals surface area contributed by atoms with Crippen LogP contribution in [0.5, 0.6) is 5.75 Å². The number of anilines is 1. The Morgan fingerprint density at radius 1 is 1.40 bits per heavy atom. The van der Waals surface area contributed by atoms with Gasteiger partial charge in [-0.2, -0.15) is 0 Å². The Kier molecular flexibility index (Phi) is 3.02. The summed E-state index contributed by atoms with van der Waals surface area (Å²) in [4.78, 5) is 11.4. The van der Waals surface area contributed by atoms with Crippen LogP contribution in [0.15, 0.2) is 21.1 Å². The van der Waals surface area contributed by atoms with Gasteiger partial charge in [-0.15, -0.1) is 0 Å². The molecular weight excluding hydrogens is 326 g/mol. The number of amides is 1. The first-order valence-electron chi connectivity index (χ1n) is 4.52. The predicted molar refractivity (Wildman–Crippen MR) is 65.2 cm³/mol. The maximum atomic E-state index is 11.4. The largest absolute Gasteiger partial charge is 0.488 e. The molecule has 80 valence electrons. The summed E-state index contributed by atoms with van der Waals surface area (Å²) in [5, 5.41) is 2.81. The minimum atomic E-state index is -0.0978. The zero-order valence-electron chi connectivity index (χ0n) is 8.01. The molecule has 0 saturated carbocycles. The molecule has 0 aliphatic carbocycles. The molecule has 1 amide bonds. The van der Waals surface area contributed by atoms with Gasteiger partial charge in [-0.3, -0.25) is 4.79 Å². The lowest BCUT2D eigenvalue weighted by atomic mass is 10.3. The van der Waals surface area contributed by atoms with Crippen molar-refractivity contribution in [2.75, 3.05) is 5.32 Å². The molecule has 15 heavy (non-hydrogen) atoms. The summed E-state index contributed by atoms with van der Waals surface area (Å²) < 4.78 is 7.42. The second kappa shape index (κ2) is 4.14. The lowest BCUT2D eigenvalue weighted by molar-refractivity contribution is -0.117. The average molecular weight is 335 g/mol. The summed E-state index contributed by atoms with van der Waals surface area (Å²) in [7, 11) is 0. The van der Waals surface area contributed by atoms with Gasteiger partial charge in [0.2, 0.25) is 5.91 Å². The van der Waals surface area contributed by atoms with Crippen LogP contribution in [0, 0.1) is 0 Å². The van der Waals surface area contributed by atoms with Crippen LogP contribution in [-0.4, -0.2) is 12.0 Å². The Morgan fingerprint density at radius 2 is 2.07 bits per heavy atom. The minimum Gasteiger partial charge on any atom is -0.488 e. The lowest BCUT2D eigenvalue weighted by Crippen LogP contribution is -2.17. The van der Waals surface area contributed by atoms with E-state index in [1.807, 2.05) is 19.1 Å². The molecule has 0 aromatic heterocycles. The summed E-state index contributed by atoms with van der Waals surface area (Å²) in [6.07, 6.45) is 0.281. The van der Waals surface area contributed by atoms with E-state index in [0.717, 1.165) is 8.95 Å². The van der Waals surface area contributed by atoms with Crippen LogP contribution in [0.3, 0.4) is 0 Å². The van der Waals surface area contributed by atoms with Crippen LogP contribution < -0.4 is 10.1 Å². The average Bonchev–Trinajstić information content (AvgIpc) is 2.24. The number of nitrogens with one attached hydrogen (secondary N) is 1. The molecular formula is C10H9Br2NO2. The molecule has 3 nitrogen and oxygen atoms in total. The molecule has 0 saturated heterocycles. The number of carbonyl (C=O) groups excluding carboxylic acids is 1. The van der Waals surface area contributed by atoms with E-state index in [1.54, 1.807) is 0 Å². The number of hydrogen-bond acceptors (Lipinski definition) is 2. The number of ether oxygens (including phenoxy) is 1. The first-order chi connectivity index (χ1) is 7.06. The molecule has 1 unspecified atom stereocenters. The third-order valence-corrected chi connectivity index (χ3v) is 3.94. The van der Waals surface area contributed by atoms with Gasteiger partial charge in [0.15, 0.2) is 0 Å². The van der Waals surface area contributed by atoms with Crippen molar-refractivity contribution >= 4 is 43.5 Å². The zero-order chi connectivity index (χ0) is 11.0. The van der Waals surface area contributed by atoms with E-state index in [9.17, 15) is 4.79 Å². The highest BCUT2D eigenvalue weighted by atomic mass is 79.9. The zero-order valence-corrected chi connectivity index (χ0v) is 11.2. The quantitative estimate of drug-likeness (QED) is 0.790. The molecule has 0 fully saturated rings. The van der Waals surface area contributed by atoms with E-state index >= 15 is 0 Å². The maximum Gasteiger partial charge on any atom is 0.228 e. The number of rotatable bonds is 0. The molecule has 5 heteroatoms. The van der Waals surface area contributed by atoms with E-state index in [0.29, 0.717) is 17.9 Å². The fourth-order valence-electron chi connectivity index (χ4n) is 1.44. The molecule has 1 aromatic rings. The van der Waals surface area contributed by atoms with Gasteiger partial charge in [0.05, 0.1) is 12.1 Å². The van der Waals surface area contributed by atoms with Crippen LogP contribution in [0.25, 0.3) is 0 Å². The van der Waals surface area contributed by atoms with Gasteiger partial charge in [-0.05, 0) is 50.9 Å². The van der Waals surface area contributed by atoms with Crippen LogP contribution >= 0.6 is 31.9 Å². The van der Waals surface area contributed by atoms with E-state index in [-0.39, 0.29) is 12.0 Å². The number of carbonyl (C=O) groups is 1. The topological polar surface area (TPSA) is 38.3 Å². The number of hydrogen-bond donors (Lipinski definition) is 1. The summed E-state index contributed by atoms with van der Waals surface area (Å²) in [5.41, 5.74) is 0.708. The minimum absolute atomic E-state index is 0.0181. The first-order valence-corrected chi connectivity index (χ1v) is 6.10. The SMILES string of the molecule is CC1CC(=O)Nc2cc(Br)c(Br)cc2O1. The van der Waals surface area contributed by atoms with E-state index < -0.39 is 0 Å².